The maximum Gasteiger partial charge on any atom is -0.00139 e. The Hall–Kier alpha value is -2.86. The molecule has 6 rings (SSSR count). The van der Waals surface area contributed by atoms with Gasteiger partial charge in [0.1, 0.15) is 0 Å². The fourth-order valence-electron chi connectivity index (χ4n) is 4.25. The third-order valence-electron chi connectivity index (χ3n) is 5.13. The molecule has 6 aromatic carbocycles. The van der Waals surface area contributed by atoms with Gasteiger partial charge in [0.05, 0.1) is 0 Å². The lowest BCUT2D eigenvalue weighted by atomic mass is 9.89. The van der Waals surface area contributed by atoms with Crippen molar-refractivity contribution in [3.05, 3.63) is 72.8 Å². The third kappa shape index (κ3) is 1.09. The topological polar surface area (TPSA) is 0 Å². The average Bonchev–Trinajstić information content (AvgIpc) is 3.21. The largest absolute Gasteiger partial charge is 0.0610 e. The van der Waals surface area contributed by atoms with E-state index in [2.05, 4.69) is 72.8 Å². The molecule has 0 nitrogen and oxygen atoms in total. The van der Waals surface area contributed by atoms with Crippen LogP contribution in [0, 0.1) is 0 Å². The van der Waals surface area contributed by atoms with E-state index in [-0.39, 0.29) is 0 Å². The second-order valence-corrected chi connectivity index (χ2v) is 6.20. The van der Waals surface area contributed by atoms with E-state index in [1.807, 2.05) is 0 Å². The monoisotopic (exact) mass is 276 g/mol. The molecule has 0 atom stereocenters. The zero-order valence-corrected chi connectivity index (χ0v) is 11.9. The van der Waals surface area contributed by atoms with E-state index in [4.69, 9.17) is 0 Å². The van der Waals surface area contributed by atoms with Crippen molar-refractivity contribution < 1.29 is 0 Å². The zero-order chi connectivity index (χ0) is 14.3. The van der Waals surface area contributed by atoms with Gasteiger partial charge in [-0.15, -0.1) is 0 Å². The molecule has 0 spiro atoms. The molecule has 0 saturated heterocycles. The summed E-state index contributed by atoms with van der Waals surface area (Å²) >= 11 is 0. The first-order chi connectivity index (χ1) is 10.9. The van der Waals surface area contributed by atoms with Gasteiger partial charge in [-0.1, -0.05) is 66.7 Å². The van der Waals surface area contributed by atoms with Crippen molar-refractivity contribution in [2.75, 3.05) is 0 Å². The zero-order valence-electron chi connectivity index (χ0n) is 11.9. The Kier molecular flexibility index (Phi) is 1.71. The maximum absolute atomic E-state index is 2.33. The first-order valence-electron chi connectivity index (χ1n) is 7.72. The molecule has 0 aromatic heterocycles. The first kappa shape index (κ1) is 10.8. The van der Waals surface area contributed by atoms with Gasteiger partial charge < -0.3 is 0 Å². The molecular weight excluding hydrogens is 264 g/mol. The quantitative estimate of drug-likeness (QED) is 0.284. The average molecular weight is 276 g/mol. The van der Waals surface area contributed by atoms with E-state index in [9.17, 15) is 0 Å². The van der Waals surface area contributed by atoms with E-state index in [1.54, 1.807) is 0 Å². The second-order valence-electron chi connectivity index (χ2n) is 6.20. The Bertz CT molecular complexity index is 1310. The van der Waals surface area contributed by atoms with Crippen LogP contribution in [0.5, 0.6) is 0 Å². The van der Waals surface area contributed by atoms with Crippen molar-refractivity contribution in [1.29, 1.82) is 0 Å². The molecule has 6 aromatic rings. The summed E-state index contributed by atoms with van der Waals surface area (Å²) in [6, 6.07) is 26.9. The van der Waals surface area contributed by atoms with Gasteiger partial charge in [-0.2, -0.15) is 0 Å². The standard InChI is InChI=1S/C22H12/c1-4-13-10-11-15-12-14-5-2-6-16(14)22-19-9-3-7-17(19)18(8-1)20(13)21(15)22/h1-12H. The Morgan fingerprint density at radius 3 is 1.91 bits per heavy atom. The molecule has 0 radical (unpaired) electrons. The minimum Gasteiger partial charge on any atom is -0.0610 e. The number of hydrogen-bond acceptors (Lipinski definition) is 0. The number of hydrogen-bond donors (Lipinski definition) is 0. The normalized spacial score (nSPS) is 12.5. The van der Waals surface area contributed by atoms with Gasteiger partial charge >= 0.3 is 0 Å². The van der Waals surface area contributed by atoms with E-state index in [1.165, 1.54) is 53.9 Å². The molecule has 100 valence electrons. The molecule has 0 bridgehead atoms. The number of fused-ring (bicyclic) bond motifs is 5. The van der Waals surface area contributed by atoms with Crippen molar-refractivity contribution in [1.82, 2.24) is 0 Å². The summed E-state index contributed by atoms with van der Waals surface area (Å²) in [6.07, 6.45) is 0. The van der Waals surface area contributed by atoms with Gasteiger partial charge in [0.2, 0.25) is 0 Å². The highest BCUT2D eigenvalue weighted by atomic mass is 14.2. The van der Waals surface area contributed by atoms with E-state index >= 15 is 0 Å². The Balaban J connectivity index is 2.19. The Morgan fingerprint density at radius 1 is 0.364 bits per heavy atom. The van der Waals surface area contributed by atoms with Crippen LogP contribution in [-0.2, 0) is 0 Å². The number of rotatable bonds is 0. The van der Waals surface area contributed by atoms with Gasteiger partial charge in [0.15, 0.2) is 0 Å². The molecule has 0 unspecified atom stereocenters. The first-order valence-corrected chi connectivity index (χ1v) is 7.72. The Morgan fingerprint density at radius 2 is 1.00 bits per heavy atom. The molecule has 22 heavy (non-hydrogen) atoms. The van der Waals surface area contributed by atoms with Crippen LogP contribution in [0.3, 0.4) is 0 Å². The minimum absolute atomic E-state index is 1.34. The highest BCUT2D eigenvalue weighted by Gasteiger charge is 2.15. The lowest BCUT2D eigenvalue weighted by molar-refractivity contribution is 1.85. The molecule has 0 heteroatoms. The van der Waals surface area contributed by atoms with Crippen LogP contribution in [0.2, 0.25) is 0 Å². The van der Waals surface area contributed by atoms with Crippen LogP contribution >= 0.6 is 0 Å². The fourth-order valence-corrected chi connectivity index (χ4v) is 4.25. The van der Waals surface area contributed by atoms with Crippen molar-refractivity contribution in [2.24, 2.45) is 0 Å². The SMILES string of the molecule is c1cc2ccc3cc4cccc4c4c5cccc5c(c1)c2c34. The summed E-state index contributed by atoms with van der Waals surface area (Å²) in [5, 5.41) is 13.8. The summed E-state index contributed by atoms with van der Waals surface area (Å²) < 4.78 is 0. The van der Waals surface area contributed by atoms with Crippen molar-refractivity contribution in [3.8, 4) is 0 Å². The smallest absolute Gasteiger partial charge is 0.00139 e. The summed E-state index contributed by atoms with van der Waals surface area (Å²) in [4.78, 5) is 0. The van der Waals surface area contributed by atoms with Crippen LogP contribution in [0.15, 0.2) is 72.8 Å². The van der Waals surface area contributed by atoms with Gasteiger partial charge in [-0.3, -0.25) is 0 Å². The van der Waals surface area contributed by atoms with Crippen LogP contribution in [0.25, 0.3) is 53.9 Å². The Labute approximate surface area is 127 Å². The fraction of sp³-hybridized carbons (Fsp3) is 0. The summed E-state index contributed by atoms with van der Waals surface area (Å²) in [5.74, 6) is 0. The summed E-state index contributed by atoms with van der Waals surface area (Å²) in [7, 11) is 0. The van der Waals surface area contributed by atoms with Crippen LogP contribution in [0.1, 0.15) is 0 Å². The lowest BCUT2D eigenvalue weighted by Crippen LogP contribution is -1.85. The summed E-state index contributed by atoms with van der Waals surface area (Å²) in [5.41, 5.74) is 0. The van der Waals surface area contributed by atoms with Crippen LogP contribution < -0.4 is 0 Å². The van der Waals surface area contributed by atoms with Gasteiger partial charge in [-0.25, -0.2) is 0 Å². The van der Waals surface area contributed by atoms with E-state index in [0.717, 1.165) is 0 Å². The molecular formula is C22H12. The van der Waals surface area contributed by atoms with Crippen LogP contribution in [-0.4, -0.2) is 0 Å². The second kappa shape index (κ2) is 3.48. The van der Waals surface area contributed by atoms with E-state index in [0.29, 0.717) is 0 Å². The predicted molar refractivity (Wildman–Crippen MR) is 96.3 cm³/mol. The van der Waals surface area contributed by atoms with Gasteiger partial charge in [0, 0.05) is 0 Å². The highest BCUT2D eigenvalue weighted by Crippen LogP contribution is 2.44. The molecule has 0 saturated carbocycles. The molecule has 0 heterocycles. The van der Waals surface area contributed by atoms with E-state index < -0.39 is 0 Å². The van der Waals surface area contributed by atoms with Crippen molar-refractivity contribution in [3.63, 3.8) is 0 Å². The predicted octanol–water partition coefficient (Wildman–Crippen LogP) is 6.33. The molecule has 0 aliphatic carbocycles. The van der Waals surface area contributed by atoms with Crippen molar-refractivity contribution in [2.45, 2.75) is 0 Å². The highest BCUT2D eigenvalue weighted by molar-refractivity contribution is 6.38. The molecule has 0 N–H and O–H groups in total. The van der Waals surface area contributed by atoms with Crippen LogP contribution in [0.4, 0.5) is 0 Å². The number of benzene rings is 4. The molecule has 0 amide bonds. The lowest BCUT2D eigenvalue weighted by Gasteiger charge is -2.14. The van der Waals surface area contributed by atoms with Crippen molar-refractivity contribution >= 4 is 53.9 Å². The maximum atomic E-state index is 2.33. The van der Waals surface area contributed by atoms with Gasteiger partial charge in [0.25, 0.3) is 0 Å². The minimum atomic E-state index is 1.34. The molecule has 0 fully saturated rings. The molecule has 0 aliphatic heterocycles. The van der Waals surface area contributed by atoms with Gasteiger partial charge in [-0.05, 0) is 59.9 Å². The third-order valence-corrected chi connectivity index (χ3v) is 5.13. The molecule has 0 aliphatic rings. The summed E-state index contributed by atoms with van der Waals surface area (Å²) in [6.45, 7) is 0.